The first-order chi connectivity index (χ1) is 6.70. The van der Waals surface area contributed by atoms with Gasteiger partial charge in [-0.15, -0.1) is 0 Å². The maximum atomic E-state index is 10.8. The molecule has 4 nitrogen and oxygen atoms in total. The lowest BCUT2D eigenvalue weighted by Gasteiger charge is -2.03. The normalized spacial score (nSPS) is 12.9. The van der Waals surface area contributed by atoms with Gasteiger partial charge >= 0.3 is 0 Å². The maximum Gasteiger partial charge on any atom is 0.250 e. The lowest BCUT2D eigenvalue weighted by molar-refractivity contribution is -0.126. The first kappa shape index (κ1) is 8.77. The second kappa shape index (κ2) is 3.16. The number of hydrogen-bond acceptors (Lipinski definition) is 2. The number of amides is 1. The molecule has 0 aliphatic rings. The van der Waals surface area contributed by atoms with Crippen molar-refractivity contribution < 1.29 is 9.90 Å². The number of carbonyl (C=O) groups excluding carboxylic acids is 1. The third-order valence-electron chi connectivity index (χ3n) is 2.19. The van der Waals surface area contributed by atoms with E-state index in [4.69, 9.17) is 5.73 Å². The van der Waals surface area contributed by atoms with Crippen LogP contribution in [0, 0.1) is 0 Å². The van der Waals surface area contributed by atoms with Crippen LogP contribution in [0.25, 0.3) is 10.9 Å². The topological polar surface area (TPSA) is 79.1 Å². The second-order valence-electron chi connectivity index (χ2n) is 3.09. The minimum Gasteiger partial charge on any atom is -0.378 e. The third kappa shape index (κ3) is 1.25. The molecule has 0 aliphatic heterocycles. The molecule has 1 aromatic heterocycles. The molecule has 4 heteroatoms. The molecular weight excluding hydrogens is 180 g/mol. The number of carbonyl (C=O) groups is 1. The average molecular weight is 190 g/mol. The number of benzene rings is 1. The molecule has 1 amide bonds. The highest BCUT2D eigenvalue weighted by Gasteiger charge is 2.17. The number of rotatable bonds is 2. The molecule has 0 aliphatic carbocycles. The lowest BCUT2D eigenvalue weighted by atomic mass is 10.1. The molecule has 14 heavy (non-hydrogen) atoms. The summed E-state index contributed by atoms with van der Waals surface area (Å²) >= 11 is 0. The van der Waals surface area contributed by atoms with Crippen LogP contribution in [0.15, 0.2) is 30.5 Å². The minimum atomic E-state index is -1.24. The SMILES string of the molecule is NC(=O)[C@@H](O)c1c[nH]c2ccccc12. The van der Waals surface area contributed by atoms with Crippen molar-refractivity contribution in [2.24, 2.45) is 5.73 Å². The Bertz CT molecular complexity index is 476. The predicted octanol–water partition coefficient (Wildman–Crippen LogP) is 0.687. The van der Waals surface area contributed by atoms with Crippen molar-refractivity contribution in [1.29, 1.82) is 0 Å². The van der Waals surface area contributed by atoms with Crippen LogP contribution in [-0.4, -0.2) is 16.0 Å². The van der Waals surface area contributed by atoms with Crippen LogP contribution < -0.4 is 5.73 Å². The van der Waals surface area contributed by atoms with Crippen molar-refractivity contribution in [3.63, 3.8) is 0 Å². The van der Waals surface area contributed by atoms with Gasteiger partial charge in [-0.3, -0.25) is 4.79 Å². The van der Waals surface area contributed by atoms with E-state index in [0.717, 1.165) is 10.9 Å². The summed E-state index contributed by atoms with van der Waals surface area (Å²) in [5.74, 6) is -0.741. The first-order valence-electron chi connectivity index (χ1n) is 4.23. The van der Waals surface area contributed by atoms with Crippen LogP contribution in [0.4, 0.5) is 0 Å². The number of para-hydroxylation sites is 1. The summed E-state index contributed by atoms with van der Waals surface area (Å²) in [4.78, 5) is 13.8. The molecule has 0 bridgehead atoms. The van der Waals surface area contributed by atoms with Crippen LogP contribution in [0.1, 0.15) is 11.7 Å². The van der Waals surface area contributed by atoms with Crippen LogP contribution >= 0.6 is 0 Å². The fraction of sp³-hybridized carbons (Fsp3) is 0.100. The van der Waals surface area contributed by atoms with Gasteiger partial charge in [-0.2, -0.15) is 0 Å². The molecule has 1 atom stereocenters. The number of H-pyrrole nitrogens is 1. The number of aliphatic hydroxyl groups is 1. The van der Waals surface area contributed by atoms with Crippen LogP contribution in [0.3, 0.4) is 0 Å². The summed E-state index contributed by atoms with van der Waals surface area (Å²) in [6, 6.07) is 7.41. The monoisotopic (exact) mass is 190 g/mol. The molecule has 4 N–H and O–H groups in total. The van der Waals surface area contributed by atoms with E-state index >= 15 is 0 Å². The number of nitrogens with one attached hydrogen (secondary N) is 1. The summed E-state index contributed by atoms with van der Waals surface area (Å²) in [5.41, 5.74) is 6.41. The van der Waals surface area contributed by atoms with E-state index in [1.807, 2.05) is 24.3 Å². The van der Waals surface area contributed by atoms with Crippen molar-refractivity contribution >= 4 is 16.8 Å². The standard InChI is InChI=1S/C10H10N2O2/c11-10(14)9(13)7-5-12-8-4-2-1-3-6(7)8/h1-5,9,12-13H,(H2,11,14)/t9-/m0/s1. The minimum absolute atomic E-state index is 0.521. The Balaban J connectivity index is 2.58. The quantitative estimate of drug-likeness (QED) is 0.651. The summed E-state index contributed by atoms with van der Waals surface area (Å²) in [7, 11) is 0. The molecule has 0 saturated heterocycles. The Labute approximate surface area is 80.3 Å². The molecule has 0 saturated carbocycles. The van der Waals surface area contributed by atoms with Crippen molar-refractivity contribution in [2.45, 2.75) is 6.10 Å². The Kier molecular flexibility index (Phi) is 1.98. The Morgan fingerprint density at radius 3 is 2.86 bits per heavy atom. The highest BCUT2D eigenvalue weighted by molar-refractivity contribution is 5.90. The van der Waals surface area contributed by atoms with Crippen molar-refractivity contribution in [1.82, 2.24) is 4.98 Å². The smallest absolute Gasteiger partial charge is 0.250 e. The van der Waals surface area contributed by atoms with Gasteiger partial charge in [0.05, 0.1) is 0 Å². The van der Waals surface area contributed by atoms with E-state index in [9.17, 15) is 9.90 Å². The van der Waals surface area contributed by atoms with Gasteiger partial charge < -0.3 is 15.8 Å². The van der Waals surface area contributed by atoms with E-state index in [2.05, 4.69) is 4.98 Å². The van der Waals surface area contributed by atoms with Gasteiger partial charge in [0.1, 0.15) is 0 Å². The second-order valence-corrected chi connectivity index (χ2v) is 3.09. The van der Waals surface area contributed by atoms with Crippen molar-refractivity contribution in [3.8, 4) is 0 Å². The highest BCUT2D eigenvalue weighted by atomic mass is 16.3. The Morgan fingerprint density at radius 1 is 1.43 bits per heavy atom. The van der Waals surface area contributed by atoms with Crippen molar-refractivity contribution in [3.05, 3.63) is 36.0 Å². The van der Waals surface area contributed by atoms with Gasteiger partial charge in [0, 0.05) is 22.7 Å². The molecule has 0 spiro atoms. The summed E-state index contributed by atoms with van der Waals surface area (Å²) in [6.07, 6.45) is 0.353. The van der Waals surface area contributed by atoms with E-state index in [1.165, 1.54) is 0 Å². The predicted molar refractivity (Wildman–Crippen MR) is 52.5 cm³/mol. The van der Waals surface area contributed by atoms with Gasteiger partial charge in [0.2, 0.25) is 0 Å². The number of fused-ring (bicyclic) bond motifs is 1. The zero-order chi connectivity index (χ0) is 10.1. The zero-order valence-electron chi connectivity index (χ0n) is 7.40. The molecular formula is C10H10N2O2. The molecule has 1 heterocycles. The molecule has 0 fully saturated rings. The van der Waals surface area contributed by atoms with Crippen LogP contribution in [0.5, 0.6) is 0 Å². The van der Waals surface area contributed by atoms with E-state index < -0.39 is 12.0 Å². The molecule has 2 aromatic rings. The number of nitrogens with two attached hydrogens (primary N) is 1. The fourth-order valence-corrected chi connectivity index (χ4v) is 1.47. The Hall–Kier alpha value is -1.81. The summed E-state index contributed by atoms with van der Waals surface area (Å²) < 4.78 is 0. The van der Waals surface area contributed by atoms with Gasteiger partial charge in [-0.05, 0) is 6.07 Å². The number of hydrogen-bond donors (Lipinski definition) is 3. The number of aromatic nitrogens is 1. The van der Waals surface area contributed by atoms with Gasteiger partial charge in [0.15, 0.2) is 6.10 Å². The highest BCUT2D eigenvalue weighted by Crippen LogP contribution is 2.23. The molecule has 0 radical (unpaired) electrons. The molecule has 2 rings (SSSR count). The summed E-state index contributed by atoms with van der Waals surface area (Å²) in [5, 5.41) is 10.3. The lowest BCUT2D eigenvalue weighted by Crippen LogP contribution is -2.20. The number of aromatic amines is 1. The van der Waals surface area contributed by atoms with Gasteiger partial charge in [-0.1, -0.05) is 18.2 Å². The third-order valence-corrected chi connectivity index (χ3v) is 2.19. The summed E-state index contributed by atoms with van der Waals surface area (Å²) in [6.45, 7) is 0. The molecule has 72 valence electrons. The van der Waals surface area contributed by atoms with Gasteiger partial charge in [0.25, 0.3) is 5.91 Å². The van der Waals surface area contributed by atoms with Crippen molar-refractivity contribution in [2.75, 3.05) is 0 Å². The average Bonchev–Trinajstić information content (AvgIpc) is 2.60. The van der Waals surface area contributed by atoms with Crippen LogP contribution in [0.2, 0.25) is 0 Å². The molecule has 0 unspecified atom stereocenters. The molecule has 1 aromatic carbocycles. The Morgan fingerprint density at radius 2 is 2.14 bits per heavy atom. The van der Waals surface area contributed by atoms with E-state index in [1.54, 1.807) is 6.20 Å². The van der Waals surface area contributed by atoms with E-state index in [0.29, 0.717) is 5.56 Å². The maximum absolute atomic E-state index is 10.8. The fourth-order valence-electron chi connectivity index (χ4n) is 1.47. The first-order valence-corrected chi connectivity index (χ1v) is 4.23. The number of primary amides is 1. The zero-order valence-corrected chi connectivity index (χ0v) is 7.40. The van der Waals surface area contributed by atoms with Crippen LogP contribution in [-0.2, 0) is 4.79 Å². The number of aliphatic hydroxyl groups excluding tert-OH is 1. The largest absolute Gasteiger partial charge is 0.378 e. The van der Waals surface area contributed by atoms with Gasteiger partial charge in [-0.25, -0.2) is 0 Å². The van der Waals surface area contributed by atoms with E-state index in [-0.39, 0.29) is 0 Å².